The number of hydrogen-bond donors (Lipinski definition) is 2. The largest absolute Gasteiger partial charge is 0.386 e. The number of fused-ring (bicyclic) bond motifs is 2. The molecule has 3 aromatic heterocycles. The molecule has 2 aliphatic rings. The van der Waals surface area contributed by atoms with Crippen LogP contribution in [-0.2, 0) is 13.1 Å². The molecule has 0 radical (unpaired) electrons. The average molecular weight is 356 g/mol. The zero-order valence-electron chi connectivity index (χ0n) is 13.8. The molecule has 1 atom stereocenters. The molecule has 1 aliphatic heterocycles. The van der Waals surface area contributed by atoms with Gasteiger partial charge in [-0.15, -0.1) is 11.3 Å². The summed E-state index contributed by atoms with van der Waals surface area (Å²) < 4.78 is 3.07. The molecule has 0 bridgehead atoms. The molecule has 1 saturated carbocycles. The minimum Gasteiger partial charge on any atom is -0.386 e. The number of aliphatic hydroxyl groups is 1. The van der Waals surface area contributed by atoms with Gasteiger partial charge in [0.05, 0.1) is 28.1 Å². The number of H-pyrrole nitrogens is 1. The van der Waals surface area contributed by atoms with Gasteiger partial charge >= 0.3 is 0 Å². The summed E-state index contributed by atoms with van der Waals surface area (Å²) in [6, 6.07) is 5.91. The van der Waals surface area contributed by atoms with E-state index in [0.717, 1.165) is 54.0 Å². The highest BCUT2D eigenvalue weighted by molar-refractivity contribution is 7.17. The van der Waals surface area contributed by atoms with Crippen LogP contribution in [0.1, 0.15) is 47.2 Å². The minimum atomic E-state index is -0.459. The van der Waals surface area contributed by atoms with Crippen LogP contribution in [-0.4, -0.2) is 37.2 Å². The number of aryl methyl sites for hydroxylation is 1. The number of thiophene rings is 1. The monoisotopic (exact) mass is 356 g/mol. The second kappa shape index (κ2) is 5.71. The van der Waals surface area contributed by atoms with Gasteiger partial charge in [0.2, 0.25) is 0 Å². The molecule has 0 spiro atoms. The molecule has 2 N–H and O–H groups in total. The first-order valence-corrected chi connectivity index (χ1v) is 9.67. The Kier molecular flexibility index (Phi) is 3.46. The van der Waals surface area contributed by atoms with E-state index >= 15 is 0 Å². The van der Waals surface area contributed by atoms with Gasteiger partial charge in [0.1, 0.15) is 11.8 Å². The normalized spacial score (nSPS) is 19.0. The molecule has 6 nitrogen and oxygen atoms in total. The van der Waals surface area contributed by atoms with Gasteiger partial charge in [-0.3, -0.25) is 9.48 Å². The van der Waals surface area contributed by atoms with Gasteiger partial charge in [0, 0.05) is 13.1 Å². The Bertz CT molecular complexity index is 908. The van der Waals surface area contributed by atoms with Crippen molar-refractivity contribution >= 4 is 27.5 Å². The molecule has 1 amide bonds. The molecule has 3 aromatic rings. The van der Waals surface area contributed by atoms with Gasteiger partial charge in [0.15, 0.2) is 0 Å². The van der Waals surface area contributed by atoms with E-state index in [2.05, 4.69) is 10.1 Å². The third kappa shape index (κ3) is 2.67. The van der Waals surface area contributed by atoms with Crippen LogP contribution >= 0.6 is 11.3 Å². The number of amides is 1. The number of aromatic amines is 1. The highest BCUT2D eigenvalue weighted by Crippen LogP contribution is 2.40. The van der Waals surface area contributed by atoms with Crippen LogP contribution in [0.3, 0.4) is 0 Å². The number of hydrogen-bond acceptors (Lipinski definition) is 4. The molecule has 0 saturated heterocycles. The van der Waals surface area contributed by atoms with E-state index < -0.39 is 6.10 Å². The van der Waals surface area contributed by atoms with Crippen molar-refractivity contribution in [1.82, 2.24) is 19.7 Å². The van der Waals surface area contributed by atoms with Gasteiger partial charge < -0.3 is 15.0 Å². The number of aromatic nitrogens is 3. The third-order valence-corrected chi connectivity index (χ3v) is 6.03. The van der Waals surface area contributed by atoms with Crippen molar-refractivity contribution in [2.45, 2.75) is 38.5 Å². The Hall–Kier alpha value is -2.12. The molecule has 1 unspecified atom stereocenters. The average Bonchev–Trinajstić information content (AvgIpc) is 3.13. The lowest BCUT2D eigenvalue weighted by atomic mass is 10.1. The van der Waals surface area contributed by atoms with Crippen molar-refractivity contribution in [1.29, 1.82) is 0 Å². The Morgan fingerprint density at radius 2 is 2.24 bits per heavy atom. The van der Waals surface area contributed by atoms with Crippen LogP contribution in [0.4, 0.5) is 0 Å². The van der Waals surface area contributed by atoms with Gasteiger partial charge in [-0.1, -0.05) is 0 Å². The highest BCUT2D eigenvalue weighted by Gasteiger charge is 2.33. The summed E-state index contributed by atoms with van der Waals surface area (Å²) in [5.74, 6) is 0.395. The van der Waals surface area contributed by atoms with E-state index in [9.17, 15) is 9.90 Å². The van der Waals surface area contributed by atoms with Gasteiger partial charge in [-0.05, 0) is 48.8 Å². The molecule has 1 aliphatic carbocycles. The Morgan fingerprint density at radius 3 is 3.04 bits per heavy atom. The maximum Gasteiger partial charge on any atom is 0.270 e. The number of carbonyl (C=O) groups excluding carboxylic acids is 1. The van der Waals surface area contributed by atoms with E-state index in [1.807, 2.05) is 33.2 Å². The van der Waals surface area contributed by atoms with Gasteiger partial charge in [0.25, 0.3) is 5.91 Å². The lowest BCUT2D eigenvalue weighted by Gasteiger charge is -2.19. The van der Waals surface area contributed by atoms with Crippen molar-refractivity contribution in [3.8, 4) is 0 Å². The predicted octanol–water partition coefficient (Wildman–Crippen LogP) is 2.92. The van der Waals surface area contributed by atoms with Gasteiger partial charge in [-0.2, -0.15) is 5.10 Å². The zero-order valence-corrected chi connectivity index (χ0v) is 14.6. The molecule has 0 aromatic carbocycles. The molecule has 130 valence electrons. The molecular formula is C18H20N4O2S. The predicted molar refractivity (Wildman–Crippen MR) is 95.4 cm³/mol. The molecule has 4 heterocycles. The molecule has 5 rings (SSSR count). The number of aliphatic hydroxyl groups excluding tert-OH is 1. The number of carbonyl (C=O) groups is 1. The fourth-order valence-corrected chi connectivity index (χ4v) is 4.37. The summed E-state index contributed by atoms with van der Waals surface area (Å²) >= 11 is 1.64. The van der Waals surface area contributed by atoms with Crippen LogP contribution in [0.25, 0.3) is 10.2 Å². The van der Waals surface area contributed by atoms with Crippen molar-refractivity contribution < 1.29 is 9.90 Å². The van der Waals surface area contributed by atoms with E-state index in [4.69, 9.17) is 0 Å². The van der Waals surface area contributed by atoms with Crippen LogP contribution in [0.5, 0.6) is 0 Å². The standard InChI is InChI=1S/C18H20N4O2S/c23-17(11-2-3-11)14-8-12-10-21(5-1-6-22(12)20-14)18(24)15-9-16-13(19-15)4-7-25-16/h4,7-9,11,17,19,23H,1-3,5-6,10H2. The lowest BCUT2D eigenvalue weighted by molar-refractivity contribution is 0.0741. The van der Waals surface area contributed by atoms with Crippen LogP contribution in [0.15, 0.2) is 23.6 Å². The van der Waals surface area contributed by atoms with Crippen LogP contribution < -0.4 is 0 Å². The summed E-state index contributed by atoms with van der Waals surface area (Å²) in [6.45, 7) is 2.04. The third-order valence-electron chi connectivity index (χ3n) is 5.16. The maximum atomic E-state index is 12.9. The fourth-order valence-electron chi connectivity index (χ4n) is 3.59. The van der Waals surface area contributed by atoms with Crippen molar-refractivity contribution in [2.75, 3.05) is 6.54 Å². The first-order valence-electron chi connectivity index (χ1n) is 8.79. The maximum absolute atomic E-state index is 12.9. The first-order chi connectivity index (χ1) is 12.2. The van der Waals surface area contributed by atoms with E-state index in [1.54, 1.807) is 11.3 Å². The van der Waals surface area contributed by atoms with Crippen LogP contribution in [0, 0.1) is 5.92 Å². The summed E-state index contributed by atoms with van der Waals surface area (Å²) in [5, 5.41) is 16.9. The van der Waals surface area contributed by atoms with Crippen molar-refractivity contribution in [3.63, 3.8) is 0 Å². The topological polar surface area (TPSA) is 74.2 Å². The Labute approximate surface area is 149 Å². The fraction of sp³-hybridized carbons (Fsp3) is 0.444. The molecular weight excluding hydrogens is 336 g/mol. The SMILES string of the molecule is O=C(c1cc2sccc2[nH]1)N1CCCn2nc(C(O)C3CC3)cc2C1. The molecule has 25 heavy (non-hydrogen) atoms. The zero-order chi connectivity index (χ0) is 17.0. The van der Waals surface area contributed by atoms with Gasteiger partial charge in [-0.25, -0.2) is 0 Å². The Balaban J connectivity index is 1.39. The van der Waals surface area contributed by atoms with E-state index in [1.165, 1.54) is 0 Å². The van der Waals surface area contributed by atoms with Crippen molar-refractivity contribution in [2.24, 2.45) is 5.92 Å². The number of nitrogens with one attached hydrogen (secondary N) is 1. The van der Waals surface area contributed by atoms with E-state index in [-0.39, 0.29) is 5.91 Å². The molecule has 1 fully saturated rings. The minimum absolute atomic E-state index is 0.0299. The highest BCUT2D eigenvalue weighted by atomic mass is 32.1. The van der Waals surface area contributed by atoms with E-state index in [0.29, 0.717) is 18.2 Å². The van der Waals surface area contributed by atoms with Crippen LogP contribution in [0.2, 0.25) is 0 Å². The summed E-state index contributed by atoms with van der Waals surface area (Å²) in [6.07, 6.45) is 2.57. The number of nitrogens with zero attached hydrogens (tertiary/aromatic N) is 3. The smallest absolute Gasteiger partial charge is 0.270 e. The summed E-state index contributed by atoms with van der Waals surface area (Å²) in [4.78, 5) is 18.0. The van der Waals surface area contributed by atoms with Crippen molar-refractivity contribution in [3.05, 3.63) is 40.7 Å². The lowest BCUT2D eigenvalue weighted by Crippen LogP contribution is -2.30. The number of rotatable bonds is 3. The second-order valence-corrected chi connectivity index (χ2v) is 7.98. The summed E-state index contributed by atoms with van der Waals surface area (Å²) in [7, 11) is 0. The second-order valence-electron chi connectivity index (χ2n) is 7.03. The Morgan fingerprint density at radius 1 is 1.36 bits per heavy atom. The quantitative estimate of drug-likeness (QED) is 0.758. The first kappa shape index (κ1) is 15.2. The summed E-state index contributed by atoms with van der Waals surface area (Å²) in [5.41, 5.74) is 3.43. The molecule has 7 heteroatoms.